The number of hydrogen-bond donors (Lipinski definition) is 1. The molecule has 68 valence electrons. The van der Waals surface area contributed by atoms with Crippen LogP contribution in [0.2, 0.25) is 0 Å². The third-order valence-electron chi connectivity index (χ3n) is 1.92. The Balaban J connectivity index is 2.95. The topological polar surface area (TPSA) is 76.5 Å². The molecule has 2 rings (SSSR count). The SMILES string of the molecule is CCn1nnc2c(=O)[nH]nc(C)c21. The Morgan fingerprint density at radius 1 is 1.54 bits per heavy atom. The van der Waals surface area contributed by atoms with Crippen LogP contribution in [-0.4, -0.2) is 25.2 Å². The van der Waals surface area contributed by atoms with E-state index in [9.17, 15) is 4.79 Å². The number of aromatic amines is 1. The first-order valence-electron chi connectivity index (χ1n) is 4.02. The molecule has 0 amide bonds. The molecule has 0 aliphatic heterocycles. The van der Waals surface area contributed by atoms with Gasteiger partial charge in [-0.1, -0.05) is 5.21 Å². The molecule has 6 nitrogen and oxygen atoms in total. The van der Waals surface area contributed by atoms with Crippen molar-refractivity contribution in [1.82, 2.24) is 25.2 Å². The highest BCUT2D eigenvalue weighted by Crippen LogP contribution is 2.07. The van der Waals surface area contributed by atoms with Crippen LogP contribution in [0.25, 0.3) is 11.0 Å². The Bertz CT molecular complexity index is 497. The monoisotopic (exact) mass is 179 g/mol. The largest absolute Gasteiger partial charge is 0.294 e. The molecule has 0 saturated heterocycles. The third kappa shape index (κ3) is 1.02. The predicted molar refractivity (Wildman–Crippen MR) is 46.4 cm³/mol. The Hall–Kier alpha value is -1.72. The number of hydrogen-bond acceptors (Lipinski definition) is 4. The van der Waals surface area contributed by atoms with Gasteiger partial charge in [0.05, 0.1) is 5.69 Å². The van der Waals surface area contributed by atoms with Crippen molar-refractivity contribution in [1.29, 1.82) is 0 Å². The van der Waals surface area contributed by atoms with Crippen molar-refractivity contribution in [2.75, 3.05) is 0 Å². The smallest absolute Gasteiger partial charge is 0.265 e. The van der Waals surface area contributed by atoms with Crippen LogP contribution in [0.3, 0.4) is 0 Å². The van der Waals surface area contributed by atoms with Gasteiger partial charge in [-0.05, 0) is 13.8 Å². The molecule has 6 heteroatoms. The quantitative estimate of drug-likeness (QED) is 0.660. The third-order valence-corrected chi connectivity index (χ3v) is 1.92. The van der Waals surface area contributed by atoms with Crippen LogP contribution in [-0.2, 0) is 6.54 Å². The molecule has 0 unspecified atom stereocenters. The van der Waals surface area contributed by atoms with Gasteiger partial charge in [0.1, 0.15) is 5.52 Å². The first-order chi connectivity index (χ1) is 6.24. The lowest BCUT2D eigenvalue weighted by atomic mass is 10.3. The lowest BCUT2D eigenvalue weighted by Crippen LogP contribution is -2.10. The molecule has 0 spiro atoms. The van der Waals surface area contributed by atoms with Gasteiger partial charge in [0.15, 0.2) is 5.52 Å². The first-order valence-corrected chi connectivity index (χ1v) is 4.02. The standard InChI is InChI=1S/C7H9N5O/c1-3-12-6-4(2)8-10-7(13)5(6)9-11-12/h3H2,1-2H3,(H,10,13). The molecule has 2 heterocycles. The van der Waals surface area contributed by atoms with Gasteiger partial charge in [0.25, 0.3) is 5.56 Å². The van der Waals surface area contributed by atoms with Crippen molar-refractivity contribution in [3.63, 3.8) is 0 Å². The van der Waals surface area contributed by atoms with Crippen LogP contribution in [0.5, 0.6) is 0 Å². The van der Waals surface area contributed by atoms with E-state index in [4.69, 9.17) is 0 Å². The summed E-state index contributed by atoms with van der Waals surface area (Å²) >= 11 is 0. The minimum absolute atomic E-state index is 0.291. The zero-order valence-corrected chi connectivity index (χ0v) is 7.40. The number of rotatable bonds is 1. The fourth-order valence-electron chi connectivity index (χ4n) is 1.29. The van der Waals surface area contributed by atoms with Crippen LogP contribution in [0.4, 0.5) is 0 Å². The number of nitrogens with zero attached hydrogens (tertiary/aromatic N) is 4. The summed E-state index contributed by atoms with van der Waals surface area (Å²) in [5, 5.41) is 13.8. The average molecular weight is 179 g/mol. The number of aryl methyl sites for hydroxylation is 2. The number of H-pyrrole nitrogens is 1. The van der Waals surface area contributed by atoms with Gasteiger partial charge in [-0.15, -0.1) is 5.10 Å². The zero-order chi connectivity index (χ0) is 9.42. The van der Waals surface area contributed by atoms with E-state index in [-0.39, 0.29) is 5.56 Å². The van der Waals surface area contributed by atoms with Crippen LogP contribution in [0.1, 0.15) is 12.6 Å². The summed E-state index contributed by atoms with van der Waals surface area (Å²) in [5.41, 5.74) is 1.52. The number of aromatic nitrogens is 5. The summed E-state index contributed by atoms with van der Waals surface area (Å²) in [6.45, 7) is 4.44. The van der Waals surface area contributed by atoms with Gasteiger partial charge in [0.2, 0.25) is 0 Å². The molecule has 1 N–H and O–H groups in total. The molecule has 0 bridgehead atoms. The van der Waals surface area contributed by atoms with Gasteiger partial charge >= 0.3 is 0 Å². The van der Waals surface area contributed by atoms with E-state index in [0.29, 0.717) is 17.6 Å². The number of nitrogens with one attached hydrogen (secondary N) is 1. The number of fused-ring (bicyclic) bond motifs is 1. The molecule has 0 radical (unpaired) electrons. The maximum Gasteiger partial charge on any atom is 0.294 e. The minimum atomic E-state index is -0.291. The summed E-state index contributed by atoms with van der Waals surface area (Å²) in [5.74, 6) is 0. The van der Waals surface area contributed by atoms with Crippen molar-refractivity contribution >= 4 is 11.0 Å². The maximum atomic E-state index is 11.2. The summed E-state index contributed by atoms with van der Waals surface area (Å²) in [6.07, 6.45) is 0. The van der Waals surface area contributed by atoms with Gasteiger partial charge in [-0.25, -0.2) is 9.78 Å². The fraction of sp³-hybridized carbons (Fsp3) is 0.429. The van der Waals surface area contributed by atoms with Crippen molar-refractivity contribution in [2.24, 2.45) is 0 Å². The highest BCUT2D eigenvalue weighted by Gasteiger charge is 2.09. The van der Waals surface area contributed by atoms with Crippen LogP contribution >= 0.6 is 0 Å². The predicted octanol–water partition coefficient (Wildman–Crippen LogP) is -0.157. The summed E-state index contributed by atoms with van der Waals surface area (Å²) < 4.78 is 1.66. The van der Waals surface area contributed by atoms with E-state index in [2.05, 4.69) is 20.5 Å². The molecule has 0 saturated carbocycles. The summed E-state index contributed by atoms with van der Waals surface area (Å²) in [6, 6.07) is 0. The van der Waals surface area contributed by atoms with E-state index >= 15 is 0 Å². The second-order valence-corrected chi connectivity index (χ2v) is 2.74. The highest BCUT2D eigenvalue weighted by molar-refractivity contribution is 5.74. The second-order valence-electron chi connectivity index (χ2n) is 2.74. The summed E-state index contributed by atoms with van der Waals surface area (Å²) in [7, 11) is 0. The van der Waals surface area contributed by atoms with Gasteiger partial charge in [-0.3, -0.25) is 4.79 Å². The van der Waals surface area contributed by atoms with Gasteiger partial charge in [0, 0.05) is 6.54 Å². The molecule has 2 aromatic rings. The van der Waals surface area contributed by atoms with Gasteiger partial charge in [-0.2, -0.15) is 5.10 Å². The zero-order valence-electron chi connectivity index (χ0n) is 7.40. The van der Waals surface area contributed by atoms with Crippen molar-refractivity contribution < 1.29 is 0 Å². The molecular weight excluding hydrogens is 170 g/mol. The molecule has 0 atom stereocenters. The molecular formula is C7H9N5O. The molecule has 13 heavy (non-hydrogen) atoms. The Morgan fingerprint density at radius 3 is 3.00 bits per heavy atom. The van der Waals surface area contributed by atoms with Crippen LogP contribution < -0.4 is 5.56 Å². The summed E-state index contributed by atoms with van der Waals surface area (Å²) in [4.78, 5) is 11.2. The van der Waals surface area contributed by atoms with E-state index in [0.717, 1.165) is 5.69 Å². The van der Waals surface area contributed by atoms with Crippen molar-refractivity contribution in [2.45, 2.75) is 20.4 Å². The van der Waals surface area contributed by atoms with E-state index in [1.54, 1.807) is 4.68 Å². The van der Waals surface area contributed by atoms with Gasteiger partial charge < -0.3 is 0 Å². The molecule has 0 fully saturated rings. The normalized spacial score (nSPS) is 10.9. The van der Waals surface area contributed by atoms with E-state index in [1.165, 1.54) is 0 Å². The first kappa shape index (κ1) is 7.90. The fourth-order valence-corrected chi connectivity index (χ4v) is 1.29. The molecule has 0 aliphatic carbocycles. The van der Waals surface area contributed by atoms with Crippen molar-refractivity contribution in [3.8, 4) is 0 Å². The van der Waals surface area contributed by atoms with Crippen LogP contribution in [0, 0.1) is 6.92 Å². The molecule has 0 aromatic carbocycles. The van der Waals surface area contributed by atoms with E-state index < -0.39 is 0 Å². The Morgan fingerprint density at radius 2 is 2.31 bits per heavy atom. The Kier molecular flexibility index (Phi) is 1.61. The second kappa shape index (κ2) is 2.65. The maximum absolute atomic E-state index is 11.2. The molecule has 2 aromatic heterocycles. The molecule has 0 aliphatic rings. The minimum Gasteiger partial charge on any atom is -0.265 e. The van der Waals surface area contributed by atoms with Crippen molar-refractivity contribution in [3.05, 3.63) is 16.0 Å². The average Bonchev–Trinajstić information content (AvgIpc) is 2.56. The lowest BCUT2D eigenvalue weighted by molar-refractivity contribution is 0.644. The highest BCUT2D eigenvalue weighted by atomic mass is 16.1. The van der Waals surface area contributed by atoms with Crippen LogP contribution in [0.15, 0.2) is 4.79 Å². The Labute approximate surface area is 73.6 Å². The lowest BCUT2D eigenvalue weighted by Gasteiger charge is -1.97. The van der Waals surface area contributed by atoms with E-state index in [1.807, 2.05) is 13.8 Å².